The molecule has 0 saturated carbocycles. The van der Waals surface area contributed by atoms with Crippen LogP contribution in [0.25, 0.3) is 0 Å². The van der Waals surface area contributed by atoms with Crippen LogP contribution in [-0.4, -0.2) is 28.8 Å². The second kappa shape index (κ2) is 4.34. The minimum atomic E-state index is -0.562. The van der Waals surface area contributed by atoms with E-state index in [0.29, 0.717) is 5.92 Å². The Morgan fingerprint density at radius 2 is 2.14 bits per heavy atom. The van der Waals surface area contributed by atoms with E-state index in [2.05, 4.69) is 24.2 Å². The fourth-order valence-corrected chi connectivity index (χ4v) is 2.08. The molecule has 0 saturated heterocycles. The summed E-state index contributed by atoms with van der Waals surface area (Å²) in [5.74, 6) is 3.44. The number of amidine groups is 1. The largest absolute Gasteiger partial charge is 0.312 e. The smallest absolute Gasteiger partial charge is 0.252 e. The molecule has 0 bridgehead atoms. The van der Waals surface area contributed by atoms with Gasteiger partial charge in [0.15, 0.2) is 0 Å². The van der Waals surface area contributed by atoms with Crippen LogP contribution in [0.5, 0.6) is 0 Å². The van der Waals surface area contributed by atoms with E-state index in [0.717, 1.165) is 17.3 Å². The number of rotatable bonds is 4. The molecule has 1 heterocycles. The first-order chi connectivity index (χ1) is 6.42. The molecule has 3 nitrogen and oxygen atoms in total. The SMILES string of the molecule is CC(C)CSCC1=NC(C)(C)C(=O)N1. The van der Waals surface area contributed by atoms with E-state index in [1.807, 2.05) is 25.6 Å². The third-order valence-electron chi connectivity index (χ3n) is 1.92. The van der Waals surface area contributed by atoms with Crippen LogP contribution in [0.15, 0.2) is 4.99 Å². The molecule has 1 rings (SSSR count). The van der Waals surface area contributed by atoms with Gasteiger partial charge >= 0.3 is 0 Å². The van der Waals surface area contributed by atoms with E-state index in [9.17, 15) is 4.79 Å². The van der Waals surface area contributed by atoms with Crippen molar-refractivity contribution in [1.82, 2.24) is 5.32 Å². The molecule has 1 N–H and O–H groups in total. The van der Waals surface area contributed by atoms with Gasteiger partial charge in [0.05, 0.1) is 5.75 Å². The van der Waals surface area contributed by atoms with Crippen LogP contribution in [-0.2, 0) is 4.79 Å². The fraction of sp³-hybridized carbons (Fsp3) is 0.800. The summed E-state index contributed by atoms with van der Waals surface area (Å²) in [5.41, 5.74) is -0.562. The molecular weight excluding hydrogens is 196 g/mol. The summed E-state index contributed by atoms with van der Waals surface area (Å²) >= 11 is 1.82. The first kappa shape index (κ1) is 11.6. The normalized spacial score (nSPS) is 19.8. The Labute approximate surface area is 89.7 Å². The predicted octanol–water partition coefficient (Wildman–Crippen LogP) is 1.68. The molecule has 0 radical (unpaired) electrons. The van der Waals surface area contributed by atoms with Crippen LogP contribution in [0.3, 0.4) is 0 Å². The topological polar surface area (TPSA) is 41.5 Å². The van der Waals surface area contributed by atoms with Crippen LogP contribution in [0.4, 0.5) is 0 Å². The van der Waals surface area contributed by atoms with Crippen molar-refractivity contribution >= 4 is 23.5 Å². The number of hydrogen-bond acceptors (Lipinski definition) is 3. The molecule has 0 aliphatic carbocycles. The summed E-state index contributed by atoms with van der Waals surface area (Å²) in [4.78, 5) is 15.7. The number of amides is 1. The highest BCUT2D eigenvalue weighted by Gasteiger charge is 2.33. The van der Waals surface area contributed by atoms with Gasteiger partial charge in [-0.2, -0.15) is 11.8 Å². The Morgan fingerprint density at radius 1 is 1.50 bits per heavy atom. The summed E-state index contributed by atoms with van der Waals surface area (Å²) in [6, 6.07) is 0. The number of aliphatic imine (C=N–C) groups is 1. The molecular formula is C10H18N2OS. The lowest BCUT2D eigenvalue weighted by Gasteiger charge is -2.07. The molecule has 0 atom stereocenters. The van der Waals surface area contributed by atoms with Gasteiger partial charge in [0.1, 0.15) is 11.4 Å². The number of carbonyl (C=O) groups excluding carboxylic acids is 1. The van der Waals surface area contributed by atoms with E-state index in [1.54, 1.807) is 0 Å². The van der Waals surface area contributed by atoms with Crippen LogP contribution in [0.2, 0.25) is 0 Å². The van der Waals surface area contributed by atoms with Gasteiger partial charge in [-0.05, 0) is 25.5 Å². The average Bonchev–Trinajstić information content (AvgIpc) is 2.25. The van der Waals surface area contributed by atoms with Crippen LogP contribution in [0, 0.1) is 5.92 Å². The highest BCUT2D eigenvalue weighted by Crippen LogP contribution is 2.16. The zero-order chi connectivity index (χ0) is 10.8. The fourth-order valence-electron chi connectivity index (χ4n) is 1.16. The van der Waals surface area contributed by atoms with E-state index < -0.39 is 5.54 Å². The van der Waals surface area contributed by atoms with Crippen LogP contribution < -0.4 is 5.32 Å². The number of thioether (sulfide) groups is 1. The first-order valence-electron chi connectivity index (χ1n) is 4.90. The van der Waals surface area contributed by atoms with Gasteiger partial charge in [0.2, 0.25) is 0 Å². The third kappa shape index (κ3) is 3.01. The molecule has 80 valence electrons. The van der Waals surface area contributed by atoms with Crippen LogP contribution >= 0.6 is 11.8 Å². The minimum absolute atomic E-state index is 0.0117. The Morgan fingerprint density at radius 3 is 2.57 bits per heavy atom. The van der Waals surface area contributed by atoms with Gasteiger partial charge in [-0.15, -0.1) is 0 Å². The van der Waals surface area contributed by atoms with Crippen molar-refractivity contribution in [2.45, 2.75) is 33.2 Å². The molecule has 0 fully saturated rings. The van der Waals surface area contributed by atoms with E-state index >= 15 is 0 Å². The van der Waals surface area contributed by atoms with E-state index in [4.69, 9.17) is 0 Å². The highest BCUT2D eigenvalue weighted by molar-refractivity contribution is 7.99. The maximum absolute atomic E-state index is 11.4. The molecule has 0 unspecified atom stereocenters. The van der Waals surface area contributed by atoms with E-state index in [1.165, 1.54) is 0 Å². The molecule has 0 aromatic rings. The van der Waals surface area contributed by atoms with Crippen molar-refractivity contribution in [3.63, 3.8) is 0 Å². The molecule has 0 aromatic carbocycles. The monoisotopic (exact) mass is 214 g/mol. The predicted molar refractivity (Wildman–Crippen MR) is 61.8 cm³/mol. The Bertz CT molecular complexity index is 259. The second-order valence-corrected chi connectivity index (χ2v) is 5.51. The van der Waals surface area contributed by atoms with Crippen molar-refractivity contribution in [3.8, 4) is 0 Å². The second-order valence-electron chi connectivity index (χ2n) is 4.48. The van der Waals surface area contributed by atoms with Crippen molar-refractivity contribution in [2.75, 3.05) is 11.5 Å². The van der Waals surface area contributed by atoms with Crippen molar-refractivity contribution in [2.24, 2.45) is 10.9 Å². The maximum atomic E-state index is 11.4. The standard InChI is InChI=1S/C10H18N2OS/c1-7(2)5-14-6-8-11-9(13)10(3,4)12-8/h7H,5-6H2,1-4H3,(H,11,12,13). The van der Waals surface area contributed by atoms with Gasteiger partial charge < -0.3 is 5.32 Å². The number of nitrogens with zero attached hydrogens (tertiary/aromatic N) is 1. The lowest BCUT2D eigenvalue weighted by Crippen LogP contribution is -2.34. The summed E-state index contributed by atoms with van der Waals surface area (Å²) in [6.45, 7) is 8.04. The quantitative estimate of drug-likeness (QED) is 0.773. The summed E-state index contributed by atoms with van der Waals surface area (Å²) < 4.78 is 0. The summed E-state index contributed by atoms with van der Waals surface area (Å²) in [7, 11) is 0. The Balaban J connectivity index is 2.38. The maximum Gasteiger partial charge on any atom is 0.252 e. The van der Waals surface area contributed by atoms with Crippen molar-refractivity contribution in [3.05, 3.63) is 0 Å². The van der Waals surface area contributed by atoms with Crippen molar-refractivity contribution < 1.29 is 4.79 Å². The summed E-state index contributed by atoms with van der Waals surface area (Å²) in [6.07, 6.45) is 0. The molecule has 1 aliphatic rings. The molecule has 14 heavy (non-hydrogen) atoms. The number of nitrogens with one attached hydrogen (secondary N) is 1. The zero-order valence-corrected chi connectivity index (χ0v) is 10.1. The minimum Gasteiger partial charge on any atom is -0.312 e. The third-order valence-corrected chi connectivity index (χ3v) is 3.30. The molecule has 1 aliphatic heterocycles. The Kier molecular flexibility index (Phi) is 3.59. The van der Waals surface area contributed by atoms with Crippen LogP contribution in [0.1, 0.15) is 27.7 Å². The Hall–Kier alpha value is -0.510. The average molecular weight is 214 g/mol. The molecule has 4 heteroatoms. The van der Waals surface area contributed by atoms with Gasteiger partial charge in [-0.25, -0.2) is 0 Å². The lowest BCUT2D eigenvalue weighted by molar-refractivity contribution is -0.122. The first-order valence-corrected chi connectivity index (χ1v) is 6.05. The summed E-state index contributed by atoms with van der Waals surface area (Å²) in [5, 5.41) is 2.81. The number of carbonyl (C=O) groups is 1. The van der Waals surface area contributed by atoms with Gasteiger partial charge in [-0.1, -0.05) is 13.8 Å². The van der Waals surface area contributed by atoms with E-state index in [-0.39, 0.29) is 5.91 Å². The number of hydrogen-bond donors (Lipinski definition) is 1. The molecule has 0 spiro atoms. The molecule has 0 aromatic heterocycles. The highest BCUT2D eigenvalue weighted by atomic mass is 32.2. The van der Waals surface area contributed by atoms with Gasteiger partial charge in [0, 0.05) is 0 Å². The van der Waals surface area contributed by atoms with Gasteiger partial charge in [0.25, 0.3) is 5.91 Å². The molecule has 1 amide bonds. The lowest BCUT2D eigenvalue weighted by atomic mass is 10.1. The zero-order valence-electron chi connectivity index (χ0n) is 9.26. The van der Waals surface area contributed by atoms with Gasteiger partial charge in [-0.3, -0.25) is 9.79 Å². The van der Waals surface area contributed by atoms with Crippen molar-refractivity contribution in [1.29, 1.82) is 0 Å².